The standard InChI is InChI=1S/2C6H4F.Mg/c2*7-6-4-2-1-3-5-6;/h2*2-5H;/q2*-1;+2. The van der Waals surface area contributed by atoms with Crippen molar-refractivity contribution in [2.24, 2.45) is 0 Å². The van der Waals surface area contributed by atoms with Gasteiger partial charge >= 0.3 is 23.1 Å². The molecule has 0 unspecified atom stereocenters. The average Bonchev–Trinajstić information content (AvgIpc) is 2.21. The van der Waals surface area contributed by atoms with Crippen molar-refractivity contribution >= 4 is 23.1 Å². The third-order valence-corrected chi connectivity index (χ3v) is 1.36. The Hall–Kier alpha value is -0.934. The zero-order valence-electron chi connectivity index (χ0n) is 8.08. The maximum absolute atomic E-state index is 11.9. The molecule has 2 rings (SSSR count). The van der Waals surface area contributed by atoms with E-state index in [0.29, 0.717) is 0 Å². The van der Waals surface area contributed by atoms with Crippen LogP contribution in [0.4, 0.5) is 8.78 Å². The fourth-order valence-corrected chi connectivity index (χ4v) is 0.733. The zero-order chi connectivity index (χ0) is 10.2. The number of benzene rings is 2. The Balaban J connectivity index is 0.000000245. The topological polar surface area (TPSA) is 0 Å². The van der Waals surface area contributed by atoms with E-state index in [0.717, 1.165) is 0 Å². The van der Waals surface area contributed by atoms with Gasteiger partial charge in [-0.3, -0.25) is 0 Å². The Kier molecular flexibility index (Phi) is 7.86. The van der Waals surface area contributed by atoms with Gasteiger partial charge in [0.15, 0.2) is 0 Å². The number of hydrogen-bond donors (Lipinski definition) is 0. The van der Waals surface area contributed by atoms with Gasteiger partial charge < -0.3 is 0 Å². The number of rotatable bonds is 0. The molecule has 0 aliphatic heterocycles. The maximum Gasteiger partial charge on any atom is 2.00 e. The van der Waals surface area contributed by atoms with E-state index in [2.05, 4.69) is 12.1 Å². The largest absolute Gasteiger partial charge is 2.00 e. The molecule has 0 saturated heterocycles. The predicted octanol–water partition coefficient (Wildman–Crippen LogP) is 2.87. The van der Waals surface area contributed by atoms with E-state index in [-0.39, 0.29) is 34.7 Å². The van der Waals surface area contributed by atoms with Crippen molar-refractivity contribution in [1.82, 2.24) is 0 Å². The smallest absolute Gasteiger partial charge is 0.236 e. The average molecular weight is 214 g/mol. The van der Waals surface area contributed by atoms with Gasteiger partial charge in [0, 0.05) is 11.6 Å². The van der Waals surface area contributed by atoms with E-state index in [1.54, 1.807) is 0 Å². The second-order valence-electron chi connectivity index (χ2n) is 2.44. The fourth-order valence-electron chi connectivity index (χ4n) is 0.733. The summed E-state index contributed by atoms with van der Waals surface area (Å²) in [7, 11) is 0. The summed E-state index contributed by atoms with van der Waals surface area (Å²) in [5.41, 5.74) is 0. The van der Waals surface area contributed by atoms with Crippen LogP contribution in [0.15, 0.2) is 48.5 Å². The van der Waals surface area contributed by atoms with Crippen LogP contribution >= 0.6 is 0 Å². The molecule has 0 spiro atoms. The summed E-state index contributed by atoms with van der Waals surface area (Å²) in [6.07, 6.45) is 0. The van der Waals surface area contributed by atoms with Crippen LogP contribution in [-0.2, 0) is 0 Å². The van der Waals surface area contributed by atoms with Crippen LogP contribution in [0.2, 0.25) is 0 Å². The van der Waals surface area contributed by atoms with Crippen LogP contribution in [0.5, 0.6) is 0 Å². The minimum Gasteiger partial charge on any atom is -0.236 e. The Morgan fingerprint density at radius 3 is 1.07 bits per heavy atom. The normalized spacial score (nSPS) is 8.13. The first-order chi connectivity index (χ1) is 6.79. The third kappa shape index (κ3) is 7.05. The van der Waals surface area contributed by atoms with Gasteiger partial charge in [0.1, 0.15) is 0 Å². The van der Waals surface area contributed by atoms with Crippen molar-refractivity contribution in [3.05, 3.63) is 72.3 Å². The molecule has 2 aromatic carbocycles. The first-order valence-electron chi connectivity index (χ1n) is 4.02. The van der Waals surface area contributed by atoms with E-state index >= 15 is 0 Å². The zero-order valence-corrected chi connectivity index (χ0v) is 9.50. The molecule has 0 fully saturated rings. The third-order valence-electron chi connectivity index (χ3n) is 1.36. The summed E-state index contributed by atoms with van der Waals surface area (Å²) in [6.45, 7) is 0. The van der Waals surface area contributed by atoms with Crippen LogP contribution in [0.3, 0.4) is 0 Å². The SMILES string of the molecule is Fc1cc[c-]cc1.Fc1cc[c-]cc1.[Mg+2]. The summed E-state index contributed by atoms with van der Waals surface area (Å²) in [6, 6.07) is 17.0. The van der Waals surface area contributed by atoms with Gasteiger partial charge in [-0.15, -0.1) is 24.3 Å². The molecule has 0 N–H and O–H groups in total. The van der Waals surface area contributed by atoms with Gasteiger partial charge in [-0.1, -0.05) is 0 Å². The molecular weight excluding hydrogens is 206 g/mol. The Morgan fingerprint density at radius 2 is 0.933 bits per heavy atom. The fraction of sp³-hybridized carbons (Fsp3) is 0. The minimum atomic E-state index is -0.209. The summed E-state index contributed by atoms with van der Waals surface area (Å²) < 4.78 is 23.8. The Bertz CT molecular complexity index is 311. The molecule has 3 heteroatoms. The van der Waals surface area contributed by atoms with Gasteiger partial charge in [-0.2, -0.15) is 36.4 Å². The molecule has 0 amide bonds. The molecule has 0 aliphatic carbocycles. The Labute approximate surface area is 104 Å². The number of halogens is 2. The molecule has 0 aromatic heterocycles. The van der Waals surface area contributed by atoms with Crippen molar-refractivity contribution < 1.29 is 8.78 Å². The van der Waals surface area contributed by atoms with Crippen LogP contribution in [0.1, 0.15) is 0 Å². The van der Waals surface area contributed by atoms with Crippen LogP contribution in [0.25, 0.3) is 0 Å². The Morgan fingerprint density at radius 1 is 0.667 bits per heavy atom. The molecule has 0 radical (unpaired) electrons. The van der Waals surface area contributed by atoms with Gasteiger partial charge in [-0.05, 0) is 0 Å². The van der Waals surface area contributed by atoms with Crippen molar-refractivity contribution in [1.29, 1.82) is 0 Å². The van der Waals surface area contributed by atoms with E-state index in [9.17, 15) is 8.78 Å². The van der Waals surface area contributed by atoms with Crippen molar-refractivity contribution in [2.45, 2.75) is 0 Å². The monoisotopic (exact) mass is 214 g/mol. The molecule has 0 saturated carbocycles. The van der Waals surface area contributed by atoms with Crippen LogP contribution < -0.4 is 0 Å². The molecule has 2 aromatic rings. The van der Waals surface area contributed by atoms with E-state index in [1.807, 2.05) is 0 Å². The molecule has 72 valence electrons. The second kappa shape index (κ2) is 8.38. The molecular formula is C12H8F2Mg. The van der Waals surface area contributed by atoms with E-state index in [1.165, 1.54) is 48.5 Å². The predicted molar refractivity (Wildman–Crippen MR) is 56.2 cm³/mol. The van der Waals surface area contributed by atoms with E-state index < -0.39 is 0 Å². The van der Waals surface area contributed by atoms with Crippen LogP contribution in [-0.4, -0.2) is 23.1 Å². The molecule has 0 heterocycles. The first kappa shape index (κ1) is 14.1. The second-order valence-corrected chi connectivity index (χ2v) is 2.44. The molecule has 0 bridgehead atoms. The van der Waals surface area contributed by atoms with E-state index in [4.69, 9.17) is 0 Å². The minimum absolute atomic E-state index is 0. The summed E-state index contributed by atoms with van der Waals surface area (Å²) >= 11 is 0. The van der Waals surface area contributed by atoms with Gasteiger partial charge in [0.05, 0.1) is 0 Å². The van der Waals surface area contributed by atoms with Crippen molar-refractivity contribution in [2.75, 3.05) is 0 Å². The first-order valence-corrected chi connectivity index (χ1v) is 4.02. The summed E-state index contributed by atoms with van der Waals surface area (Å²) in [5.74, 6) is -0.419. The quantitative estimate of drug-likeness (QED) is 0.467. The van der Waals surface area contributed by atoms with Crippen molar-refractivity contribution in [3.8, 4) is 0 Å². The van der Waals surface area contributed by atoms with Crippen LogP contribution in [0, 0.1) is 23.8 Å². The molecule has 0 aliphatic rings. The molecule has 0 nitrogen and oxygen atoms in total. The summed E-state index contributed by atoms with van der Waals surface area (Å²) in [4.78, 5) is 0. The maximum atomic E-state index is 11.9. The van der Waals surface area contributed by atoms with Gasteiger partial charge in [-0.25, -0.2) is 8.78 Å². The van der Waals surface area contributed by atoms with Gasteiger partial charge in [0.2, 0.25) is 0 Å². The molecule has 15 heavy (non-hydrogen) atoms. The number of hydrogen-bond acceptors (Lipinski definition) is 0. The summed E-state index contributed by atoms with van der Waals surface area (Å²) in [5, 5.41) is 0. The van der Waals surface area contributed by atoms with Gasteiger partial charge in [0.25, 0.3) is 0 Å². The van der Waals surface area contributed by atoms with Crippen molar-refractivity contribution in [3.63, 3.8) is 0 Å². The molecule has 0 atom stereocenters.